The van der Waals surface area contributed by atoms with Gasteiger partial charge in [0.2, 0.25) is 5.91 Å². The van der Waals surface area contributed by atoms with Gasteiger partial charge in [-0.25, -0.2) is 8.78 Å². The lowest BCUT2D eigenvalue weighted by Gasteiger charge is -2.33. The molecular weight excluding hydrogens is 278 g/mol. The third-order valence-corrected chi connectivity index (χ3v) is 3.31. The molecule has 1 N–H and O–H groups in total. The van der Waals surface area contributed by atoms with E-state index >= 15 is 0 Å². The maximum Gasteiger partial charge on any atom is 0.256 e. The van der Waals surface area contributed by atoms with Crippen LogP contribution in [-0.2, 0) is 4.79 Å². The van der Waals surface area contributed by atoms with Crippen LogP contribution in [0.1, 0.15) is 17.3 Å². The zero-order valence-electron chi connectivity index (χ0n) is 10.0. The van der Waals surface area contributed by atoms with Gasteiger partial charge in [-0.2, -0.15) is 0 Å². The predicted molar refractivity (Wildman–Crippen MR) is 64.9 cm³/mol. The zero-order chi connectivity index (χ0) is 14.2. The molecule has 1 aliphatic rings. The molecule has 1 aromatic rings. The normalized spacial score (nSPS) is 19.3. The first kappa shape index (κ1) is 13.7. The fraction of sp³-hybridized carbons (Fsp3) is 0.333. The van der Waals surface area contributed by atoms with Crippen LogP contribution < -0.4 is 5.32 Å². The lowest BCUT2D eigenvalue weighted by atomic mass is 10.1. The number of halogens is 3. The summed E-state index contributed by atoms with van der Waals surface area (Å²) in [6, 6.07) is 0.823. The third kappa shape index (κ3) is 2.53. The van der Waals surface area contributed by atoms with Gasteiger partial charge in [0.25, 0.3) is 5.91 Å². The third-order valence-electron chi connectivity index (χ3n) is 3.00. The van der Waals surface area contributed by atoms with E-state index < -0.39 is 23.6 Å². The summed E-state index contributed by atoms with van der Waals surface area (Å²) >= 11 is 5.74. The second-order valence-corrected chi connectivity index (χ2v) is 4.62. The van der Waals surface area contributed by atoms with Crippen molar-refractivity contribution in [1.82, 2.24) is 10.2 Å². The smallest absolute Gasteiger partial charge is 0.256 e. The Morgan fingerprint density at radius 3 is 2.74 bits per heavy atom. The number of carbonyl (C=O) groups is 2. The van der Waals surface area contributed by atoms with Gasteiger partial charge in [-0.15, -0.1) is 0 Å². The molecule has 0 radical (unpaired) electrons. The van der Waals surface area contributed by atoms with Gasteiger partial charge in [0, 0.05) is 13.1 Å². The number of amides is 2. The summed E-state index contributed by atoms with van der Waals surface area (Å²) in [5.41, 5.74) is -0.151. The standard InChI is InChI=1S/C12H11ClF2N2O2/c1-6-11(18)16-2-3-17(6)12(19)7-4-9(14)10(15)5-8(7)13/h4-6H,2-3H2,1H3,(H,16,18). The molecule has 0 spiro atoms. The largest absolute Gasteiger partial charge is 0.353 e. The molecule has 1 aromatic carbocycles. The molecule has 2 amide bonds. The van der Waals surface area contributed by atoms with E-state index in [4.69, 9.17) is 11.6 Å². The Morgan fingerprint density at radius 2 is 2.05 bits per heavy atom. The molecule has 1 heterocycles. The van der Waals surface area contributed by atoms with Gasteiger partial charge < -0.3 is 10.2 Å². The first-order chi connectivity index (χ1) is 8.91. The number of benzene rings is 1. The fourth-order valence-electron chi connectivity index (χ4n) is 1.90. The van der Waals surface area contributed by atoms with Crippen molar-refractivity contribution < 1.29 is 18.4 Å². The topological polar surface area (TPSA) is 49.4 Å². The first-order valence-corrected chi connectivity index (χ1v) is 6.03. The quantitative estimate of drug-likeness (QED) is 0.798. The van der Waals surface area contributed by atoms with E-state index in [-0.39, 0.29) is 16.5 Å². The molecular formula is C12H11ClF2N2O2. The highest BCUT2D eigenvalue weighted by Crippen LogP contribution is 2.22. The molecule has 19 heavy (non-hydrogen) atoms. The second kappa shape index (κ2) is 5.13. The number of hydrogen-bond acceptors (Lipinski definition) is 2. The summed E-state index contributed by atoms with van der Waals surface area (Å²) in [6.07, 6.45) is 0. The highest BCUT2D eigenvalue weighted by atomic mass is 35.5. The van der Waals surface area contributed by atoms with Crippen LogP contribution in [0.3, 0.4) is 0 Å². The van der Waals surface area contributed by atoms with Gasteiger partial charge in [0.1, 0.15) is 6.04 Å². The van der Waals surface area contributed by atoms with Crippen LogP contribution in [0.25, 0.3) is 0 Å². The minimum absolute atomic E-state index is 0.151. The number of piperazine rings is 1. The number of nitrogens with one attached hydrogen (secondary N) is 1. The number of hydrogen-bond donors (Lipinski definition) is 1. The van der Waals surface area contributed by atoms with E-state index in [1.165, 1.54) is 4.90 Å². The molecule has 0 saturated carbocycles. The summed E-state index contributed by atoms with van der Waals surface area (Å²) in [4.78, 5) is 25.0. The van der Waals surface area contributed by atoms with Gasteiger partial charge in [-0.05, 0) is 19.1 Å². The van der Waals surface area contributed by atoms with Crippen LogP contribution in [0, 0.1) is 11.6 Å². The average Bonchev–Trinajstić information content (AvgIpc) is 2.36. The molecule has 1 unspecified atom stereocenters. The van der Waals surface area contributed by atoms with Crippen molar-refractivity contribution in [2.45, 2.75) is 13.0 Å². The van der Waals surface area contributed by atoms with Crippen LogP contribution in [-0.4, -0.2) is 35.8 Å². The molecule has 1 saturated heterocycles. The Balaban J connectivity index is 2.34. The molecule has 4 nitrogen and oxygen atoms in total. The first-order valence-electron chi connectivity index (χ1n) is 5.65. The van der Waals surface area contributed by atoms with Crippen LogP contribution in [0.15, 0.2) is 12.1 Å². The maximum atomic E-state index is 13.2. The van der Waals surface area contributed by atoms with Gasteiger partial charge >= 0.3 is 0 Å². The molecule has 7 heteroatoms. The van der Waals surface area contributed by atoms with E-state index in [0.29, 0.717) is 13.1 Å². The number of rotatable bonds is 1. The molecule has 0 aliphatic carbocycles. The Hall–Kier alpha value is -1.69. The van der Waals surface area contributed by atoms with E-state index in [1.54, 1.807) is 6.92 Å². The lowest BCUT2D eigenvalue weighted by Crippen LogP contribution is -2.55. The average molecular weight is 289 g/mol. The van der Waals surface area contributed by atoms with Gasteiger partial charge in [-0.3, -0.25) is 9.59 Å². The summed E-state index contributed by atoms with van der Waals surface area (Å²) in [6.45, 7) is 2.16. The van der Waals surface area contributed by atoms with Crippen molar-refractivity contribution in [2.75, 3.05) is 13.1 Å². The van der Waals surface area contributed by atoms with E-state index in [9.17, 15) is 18.4 Å². The molecule has 2 rings (SSSR count). The zero-order valence-corrected chi connectivity index (χ0v) is 10.8. The fourth-order valence-corrected chi connectivity index (χ4v) is 2.13. The van der Waals surface area contributed by atoms with Crippen molar-refractivity contribution in [3.05, 3.63) is 34.4 Å². The van der Waals surface area contributed by atoms with Gasteiger partial charge in [0.15, 0.2) is 11.6 Å². The summed E-state index contributed by atoms with van der Waals surface area (Å²) in [7, 11) is 0. The van der Waals surface area contributed by atoms with Crippen LogP contribution in [0.5, 0.6) is 0 Å². The van der Waals surface area contributed by atoms with Crippen LogP contribution in [0.4, 0.5) is 8.78 Å². The predicted octanol–water partition coefficient (Wildman–Crippen LogP) is 1.58. The molecule has 1 aliphatic heterocycles. The Bertz CT molecular complexity index is 551. The monoisotopic (exact) mass is 288 g/mol. The molecule has 1 fully saturated rings. The minimum Gasteiger partial charge on any atom is -0.353 e. The Labute approximate surface area is 113 Å². The highest BCUT2D eigenvalue weighted by Gasteiger charge is 2.31. The van der Waals surface area contributed by atoms with E-state index in [0.717, 1.165) is 12.1 Å². The van der Waals surface area contributed by atoms with Crippen molar-refractivity contribution in [3.63, 3.8) is 0 Å². The van der Waals surface area contributed by atoms with Crippen LogP contribution >= 0.6 is 11.6 Å². The van der Waals surface area contributed by atoms with E-state index in [2.05, 4.69) is 5.32 Å². The lowest BCUT2D eigenvalue weighted by molar-refractivity contribution is -0.127. The summed E-state index contributed by atoms with van der Waals surface area (Å²) in [5.74, 6) is -3.16. The number of nitrogens with zero attached hydrogens (tertiary/aromatic N) is 1. The van der Waals surface area contributed by atoms with Gasteiger partial charge in [-0.1, -0.05) is 11.6 Å². The molecule has 1 atom stereocenters. The van der Waals surface area contributed by atoms with E-state index in [1.807, 2.05) is 0 Å². The van der Waals surface area contributed by atoms with Crippen molar-refractivity contribution in [3.8, 4) is 0 Å². The van der Waals surface area contributed by atoms with Gasteiger partial charge in [0.05, 0.1) is 10.6 Å². The minimum atomic E-state index is -1.15. The molecule has 0 aromatic heterocycles. The second-order valence-electron chi connectivity index (χ2n) is 4.21. The van der Waals surface area contributed by atoms with Crippen molar-refractivity contribution in [1.29, 1.82) is 0 Å². The van der Waals surface area contributed by atoms with Crippen molar-refractivity contribution >= 4 is 23.4 Å². The summed E-state index contributed by atoms with van der Waals surface area (Å²) < 4.78 is 26.1. The Kier molecular flexibility index (Phi) is 3.71. The molecule has 102 valence electrons. The molecule has 0 bridgehead atoms. The summed E-state index contributed by atoms with van der Waals surface area (Å²) in [5, 5.41) is 2.42. The van der Waals surface area contributed by atoms with Crippen LogP contribution in [0.2, 0.25) is 5.02 Å². The SMILES string of the molecule is CC1C(=O)NCCN1C(=O)c1cc(F)c(F)cc1Cl. The highest BCUT2D eigenvalue weighted by molar-refractivity contribution is 6.33. The maximum absolute atomic E-state index is 13.2. The van der Waals surface area contributed by atoms with Crippen molar-refractivity contribution in [2.24, 2.45) is 0 Å². The number of carbonyl (C=O) groups excluding carboxylic acids is 2. The Morgan fingerprint density at radius 1 is 1.42 bits per heavy atom.